The zero-order valence-corrected chi connectivity index (χ0v) is 11.2. The lowest BCUT2D eigenvalue weighted by atomic mass is 9.96. The van der Waals surface area contributed by atoms with Gasteiger partial charge in [0.1, 0.15) is 5.39 Å². The molecule has 0 radical (unpaired) electrons. The van der Waals surface area contributed by atoms with Gasteiger partial charge in [-0.15, -0.1) is 0 Å². The summed E-state index contributed by atoms with van der Waals surface area (Å²) < 4.78 is 3.34. The van der Waals surface area contributed by atoms with Crippen LogP contribution in [0.1, 0.15) is 19.3 Å². The summed E-state index contributed by atoms with van der Waals surface area (Å²) in [6.07, 6.45) is 6.76. The van der Waals surface area contributed by atoms with Crippen LogP contribution in [0.5, 0.6) is 0 Å². The summed E-state index contributed by atoms with van der Waals surface area (Å²) in [5.41, 5.74) is 0.669. The quantitative estimate of drug-likeness (QED) is 0.875. The van der Waals surface area contributed by atoms with E-state index in [1.807, 2.05) is 0 Å². The van der Waals surface area contributed by atoms with Crippen molar-refractivity contribution in [2.75, 3.05) is 13.1 Å². The van der Waals surface area contributed by atoms with Crippen LogP contribution in [0.4, 0.5) is 0 Å². The first-order valence-corrected chi connectivity index (χ1v) is 6.83. The van der Waals surface area contributed by atoms with Crippen molar-refractivity contribution in [2.24, 2.45) is 13.0 Å². The van der Waals surface area contributed by atoms with Gasteiger partial charge < -0.3 is 5.32 Å². The number of fused-ring (bicyclic) bond motifs is 1. The Morgan fingerprint density at radius 2 is 2.42 bits per heavy atom. The molecule has 0 aliphatic carbocycles. The number of aryl methyl sites for hydroxylation is 2. The molecular formula is C13H19N5O. The second-order valence-electron chi connectivity index (χ2n) is 5.25. The van der Waals surface area contributed by atoms with Gasteiger partial charge >= 0.3 is 0 Å². The number of aromatic nitrogens is 4. The van der Waals surface area contributed by atoms with E-state index in [1.54, 1.807) is 28.8 Å². The molecule has 1 N–H and O–H groups in total. The molecule has 1 saturated heterocycles. The molecule has 1 atom stereocenters. The van der Waals surface area contributed by atoms with Crippen LogP contribution in [-0.2, 0) is 13.6 Å². The van der Waals surface area contributed by atoms with Gasteiger partial charge in [0.25, 0.3) is 5.56 Å². The SMILES string of the molecule is Cn1ncc2c(=O)n(CCC3CCCNC3)cnc21. The van der Waals surface area contributed by atoms with Crippen molar-refractivity contribution in [2.45, 2.75) is 25.8 Å². The largest absolute Gasteiger partial charge is 0.316 e. The molecule has 0 bridgehead atoms. The zero-order chi connectivity index (χ0) is 13.2. The molecule has 0 amide bonds. The molecule has 102 valence electrons. The van der Waals surface area contributed by atoms with Gasteiger partial charge in [-0.25, -0.2) is 4.98 Å². The van der Waals surface area contributed by atoms with Crippen LogP contribution in [-0.4, -0.2) is 32.4 Å². The summed E-state index contributed by atoms with van der Waals surface area (Å²) in [4.78, 5) is 16.6. The average molecular weight is 261 g/mol. The minimum absolute atomic E-state index is 0.0156. The average Bonchev–Trinajstić information content (AvgIpc) is 2.82. The van der Waals surface area contributed by atoms with Crippen molar-refractivity contribution in [1.29, 1.82) is 0 Å². The van der Waals surface area contributed by atoms with Gasteiger partial charge in [0.2, 0.25) is 0 Å². The number of nitrogens with one attached hydrogen (secondary N) is 1. The molecule has 1 aliphatic rings. The Bertz CT molecular complexity index is 623. The number of piperidine rings is 1. The Labute approximate surface area is 111 Å². The van der Waals surface area contributed by atoms with Crippen LogP contribution in [0.25, 0.3) is 11.0 Å². The van der Waals surface area contributed by atoms with E-state index in [-0.39, 0.29) is 5.56 Å². The molecule has 6 nitrogen and oxygen atoms in total. The fourth-order valence-corrected chi connectivity index (χ4v) is 2.72. The fraction of sp³-hybridized carbons (Fsp3) is 0.615. The van der Waals surface area contributed by atoms with Crippen molar-refractivity contribution in [1.82, 2.24) is 24.6 Å². The van der Waals surface area contributed by atoms with E-state index < -0.39 is 0 Å². The van der Waals surface area contributed by atoms with Crippen LogP contribution < -0.4 is 10.9 Å². The molecule has 3 rings (SSSR count). The van der Waals surface area contributed by atoms with Gasteiger partial charge in [-0.1, -0.05) is 0 Å². The zero-order valence-electron chi connectivity index (χ0n) is 11.2. The summed E-state index contributed by atoms with van der Waals surface area (Å²) in [6, 6.07) is 0. The lowest BCUT2D eigenvalue weighted by Gasteiger charge is -2.22. The predicted octanol–water partition coefficient (Wildman–Crippen LogP) is 0.520. The first kappa shape index (κ1) is 12.3. The topological polar surface area (TPSA) is 64.7 Å². The summed E-state index contributed by atoms with van der Waals surface area (Å²) >= 11 is 0. The van der Waals surface area contributed by atoms with Gasteiger partial charge in [0.05, 0.1) is 12.5 Å². The Hall–Kier alpha value is -1.69. The Morgan fingerprint density at radius 1 is 1.53 bits per heavy atom. The third-order valence-corrected chi connectivity index (χ3v) is 3.90. The van der Waals surface area contributed by atoms with Crippen molar-refractivity contribution < 1.29 is 0 Å². The highest BCUT2D eigenvalue weighted by molar-refractivity contribution is 5.72. The van der Waals surface area contributed by atoms with Crippen LogP contribution >= 0.6 is 0 Å². The van der Waals surface area contributed by atoms with Crippen LogP contribution in [0.3, 0.4) is 0 Å². The maximum atomic E-state index is 12.3. The van der Waals surface area contributed by atoms with Gasteiger partial charge in [0, 0.05) is 13.6 Å². The summed E-state index contributed by atoms with van der Waals surface area (Å²) in [6.45, 7) is 2.93. The lowest BCUT2D eigenvalue weighted by Crippen LogP contribution is -2.31. The number of nitrogens with zero attached hydrogens (tertiary/aromatic N) is 4. The minimum atomic E-state index is 0.0156. The highest BCUT2D eigenvalue weighted by Crippen LogP contribution is 2.14. The van der Waals surface area contributed by atoms with Crippen LogP contribution in [0.15, 0.2) is 17.3 Å². The molecule has 19 heavy (non-hydrogen) atoms. The third-order valence-electron chi connectivity index (χ3n) is 3.90. The molecule has 0 spiro atoms. The van der Waals surface area contributed by atoms with Crippen LogP contribution in [0.2, 0.25) is 0 Å². The van der Waals surface area contributed by atoms with E-state index in [1.165, 1.54) is 12.8 Å². The fourth-order valence-electron chi connectivity index (χ4n) is 2.72. The monoisotopic (exact) mass is 261 g/mol. The second kappa shape index (κ2) is 5.13. The van der Waals surface area contributed by atoms with E-state index in [0.29, 0.717) is 17.0 Å². The smallest absolute Gasteiger partial charge is 0.264 e. The summed E-state index contributed by atoms with van der Waals surface area (Å²) in [7, 11) is 1.80. The molecule has 1 aliphatic heterocycles. The molecule has 0 aromatic carbocycles. The molecule has 1 unspecified atom stereocenters. The first-order valence-electron chi connectivity index (χ1n) is 6.83. The Kier molecular flexibility index (Phi) is 3.33. The standard InChI is InChI=1S/C13H19N5O/c1-17-12-11(8-16-17)13(19)18(9-15-12)6-4-10-3-2-5-14-7-10/h8-10,14H,2-7H2,1H3. The van der Waals surface area contributed by atoms with E-state index in [4.69, 9.17) is 0 Å². The van der Waals surface area contributed by atoms with Crippen molar-refractivity contribution in [3.05, 3.63) is 22.9 Å². The maximum absolute atomic E-state index is 12.3. The molecule has 0 saturated carbocycles. The molecular weight excluding hydrogens is 242 g/mol. The number of hydrogen-bond donors (Lipinski definition) is 1. The third kappa shape index (κ3) is 2.40. The molecule has 2 aromatic rings. The first-order chi connectivity index (χ1) is 9.25. The van der Waals surface area contributed by atoms with Gasteiger partial charge in [-0.3, -0.25) is 14.0 Å². The van der Waals surface area contributed by atoms with E-state index in [9.17, 15) is 4.79 Å². The van der Waals surface area contributed by atoms with Gasteiger partial charge in [-0.05, 0) is 38.3 Å². The highest BCUT2D eigenvalue weighted by atomic mass is 16.1. The van der Waals surface area contributed by atoms with Gasteiger partial charge in [-0.2, -0.15) is 5.10 Å². The Balaban J connectivity index is 1.77. The van der Waals surface area contributed by atoms with Gasteiger partial charge in [0.15, 0.2) is 5.65 Å². The highest BCUT2D eigenvalue weighted by Gasteiger charge is 2.14. The number of rotatable bonds is 3. The van der Waals surface area contributed by atoms with Crippen molar-refractivity contribution in [3.63, 3.8) is 0 Å². The van der Waals surface area contributed by atoms with Crippen molar-refractivity contribution >= 4 is 11.0 Å². The predicted molar refractivity (Wildman–Crippen MR) is 73.0 cm³/mol. The van der Waals surface area contributed by atoms with E-state index >= 15 is 0 Å². The Morgan fingerprint density at radius 3 is 3.21 bits per heavy atom. The summed E-state index contributed by atoms with van der Waals surface area (Å²) in [5, 5.41) is 8.08. The number of hydrogen-bond acceptors (Lipinski definition) is 4. The van der Waals surface area contributed by atoms with E-state index in [0.717, 1.165) is 26.1 Å². The lowest BCUT2D eigenvalue weighted by molar-refractivity contribution is 0.340. The molecule has 2 aromatic heterocycles. The molecule has 3 heterocycles. The second-order valence-corrected chi connectivity index (χ2v) is 5.25. The maximum Gasteiger partial charge on any atom is 0.264 e. The van der Waals surface area contributed by atoms with Crippen molar-refractivity contribution in [3.8, 4) is 0 Å². The normalized spacial score (nSPS) is 19.9. The summed E-state index contributed by atoms with van der Waals surface area (Å²) in [5.74, 6) is 0.672. The molecule has 6 heteroatoms. The van der Waals surface area contributed by atoms with Crippen LogP contribution in [0, 0.1) is 5.92 Å². The molecule has 1 fully saturated rings. The minimum Gasteiger partial charge on any atom is -0.316 e. The van der Waals surface area contributed by atoms with E-state index in [2.05, 4.69) is 15.4 Å².